The molecule has 2 amide bonds. The average Bonchev–Trinajstić information content (AvgIpc) is 3.37. The second kappa shape index (κ2) is 8.26. The van der Waals surface area contributed by atoms with Gasteiger partial charge in [-0.3, -0.25) is 14.5 Å². The minimum absolute atomic E-state index is 0.0387. The summed E-state index contributed by atoms with van der Waals surface area (Å²) in [6, 6.07) is 10.1. The molecule has 1 aromatic heterocycles. The fraction of sp³-hybridized carbons (Fsp3) is 0.500. The Balaban J connectivity index is 1.39. The van der Waals surface area contributed by atoms with Crippen LogP contribution >= 0.6 is 11.3 Å². The Kier molecular flexibility index (Phi) is 5.57. The first kappa shape index (κ1) is 18.9. The molecule has 2 aliphatic rings. The molecule has 3 heterocycles. The van der Waals surface area contributed by atoms with Gasteiger partial charge in [0.15, 0.2) is 0 Å². The topological polar surface area (TPSA) is 69.6 Å². The highest BCUT2D eigenvalue weighted by Gasteiger charge is 2.31. The molecule has 0 spiro atoms. The zero-order valence-electron chi connectivity index (χ0n) is 16.1. The highest BCUT2D eigenvalue weighted by atomic mass is 32.1. The maximum absolute atomic E-state index is 13.0. The van der Waals surface area contributed by atoms with Crippen molar-refractivity contribution >= 4 is 33.4 Å². The van der Waals surface area contributed by atoms with Crippen LogP contribution in [0.1, 0.15) is 31.2 Å². The molecule has 28 heavy (non-hydrogen) atoms. The van der Waals surface area contributed by atoms with Gasteiger partial charge in [0, 0.05) is 39.6 Å². The zero-order chi connectivity index (χ0) is 19.5. The average molecular weight is 400 g/mol. The summed E-state index contributed by atoms with van der Waals surface area (Å²) in [6.07, 6.45) is 3.31. The molecule has 148 valence electrons. The van der Waals surface area contributed by atoms with Crippen molar-refractivity contribution in [1.29, 1.82) is 0 Å². The van der Waals surface area contributed by atoms with Gasteiger partial charge in [0.05, 0.1) is 5.92 Å². The lowest BCUT2D eigenvalue weighted by molar-refractivity contribution is -0.135. The van der Waals surface area contributed by atoms with Crippen LogP contribution in [0.5, 0.6) is 0 Å². The maximum Gasteiger partial charge on any atom is 0.228 e. The molecule has 0 aliphatic carbocycles. The molecule has 2 fully saturated rings. The Morgan fingerprint density at radius 2 is 1.96 bits per heavy atom. The van der Waals surface area contributed by atoms with Gasteiger partial charge >= 0.3 is 0 Å². The third-order valence-electron chi connectivity index (χ3n) is 5.39. The molecule has 8 heteroatoms. The Bertz CT molecular complexity index is 840. The molecule has 2 aromatic rings. The highest BCUT2D eigenvalue weighted by Crippen LogP contribution is 2.32. The molecule has 7 nitrogen and oxygen atoms in total. The minimum atomic E-state index is -0.0387. The predicted molar refractivity (Wildman–Crippen MR) is 109 cm³/mol. The van der Waals surface area contributed by atoms with Crippen LogP contribution in [-0.4, -0.2) is 53.6 Å². The SMILES string of the molecule is CN(Cc1ccccc1)C(=O)[C@@H]1CCCN(c2nnc(N3CCCC3=O)s2)C1. The van der Waals surface area contributed by atoms with Gasteiger partial charge in [0.2, 0.25) is 22.1 Å². The lowest BCUT2D eigenvalue weighted by Gasteiger charge is -2.33. The van der Waals surface area contributed by atoms with Gasteiger partial charge in [-0.1, -0.05) is 41.7 Å². The molecular weight excluding hydrogens is 374 g/mol. The van der Waals surface area contributed by atoms with E-state index in [1.165, 1.54) is 11.3 Å². The molecule has 2 saturated heterocycles. The summed E-state index contributed by atoms with van der Waals surface area (Å²) in [7, 11) is 1.87. The first-order chi connectivity index (χ1) is 13.6. The lowest BCUT2D eigenvalue weighted by Crippen LogP contribution is -2.43. The third-order valence-corrected chi connectivity index (χ3v) is 6.39. The van der Waals surface area contributed by atoms with Crippen LogP contribution in [0.2, 0.25) is 0 Å². The molecule has 0 radical (unpaired) electrons. The number of amides is 2. The summed E-state index contributed by atoms with van der Waals surface area (Å²) in [5.74, 6) is 0.258. The summed E-state index contributed by atoms with van der Waals surface area (Å²) in [5, 5.41) is 10.00. The molecular formula is C20H25N5O2S. The minimum Gasteiger partial charge on any atom is -0.346 e. The second-order valence-corrected chi connectivity index (χ2v) is 8.42. The van der Waals surface area contributed by atoms with Crippen molar-refractivity contribution < 1.29 is 9.59 Å². The number of carbonyl (C=O) groups is 2. The molecule has 0 bridgehead atoms. The number of hydrogen-bond donors (Lipinski definition) is 0. The number of nitrogens with zero attached hydrogens (tertiary/aromatic N) is 5. The molecule has 0 N–H and O–H groups in total. The number of carbonyl (C=O) groups excluding carboxylic acids is 2. The standard InChI is InChI=1S/C20H25N5O2S/c1-23(13-15-7-3-2-4-8-15)18(27)16-9-5-11-24(14-16)19-21-22-20(28-19)25-12-6-10-17(25)26/h2-4,7-8,16H,5-6,9-14H2,1H3/t16-/m1/s1. The third kappa shape index (κ3) is 4.01. The van der Waals surface area contributed by atoms with Crippen molar-refractivity contribution in [3.63, 3.8) is 0 Å². The number of piperidine rings is 1. The molecule has 2 aliphatic heterocycles. The van der Waals surface area contributed by atoms with Crippen LogP contribution in [0, 0.1) is 5.92 Å². The molecule has 0 unspecified atom stereocenters. The number of anilines is 2. The zero-order valence-corrected chi connectivity index (χ0v) is 16.9. The van der Waals surface area contributed by atoms with E-state index in [9.17, 15) is 9.59 Å². The van der Waals surface area contributed by atoms with Crippen LogP contribution in [-0.2, 0) is 16.1 Å². The normalized spacial score (nSPS) is 19.9. The number of aromatic nitrogens is 2. The Morgan fingerprint density at radius 1 is 1.18 bits per heavy atom. The van der Waals surface area contributed by atoms with Crippen molar-refractivity contribution in [2.75, 3.05) is 36.5 Å². The molecule has 1 aromatic carbocycles. The van der Waals surface area contributed by atoms with E-state index in [1.807, 2.05) is 42.3 Å². The Labute approximate surface area is 169 Å². The van der Waals surface area contributed by atoms with Crippen molar-refractivity contribution in [1.82, 2.24) is 15.1 Å². The van der Waals surface area contributed by atoms with Gasteiger partial charge < -0.3 is 9.80 Å². The monoisotopic (exact) mass is 399 g/mol. The van der Waals surface area contributed by atoms with Crippen molar-refractivity contribution in [2.45, 2.75) is 32.2 Å². The van der Waals surface area contributed by atoms with E-state index in [0.717, 1.165) is 43.0 Å². The van der Waals surface area contributed by atoms with E-state index < -0.39 is 0 Å². The van der Waals surface area contributed by atoms with Gasteiger partial charge in [-0.15, -0.1) is 10.2 Å². The first-order valence-electron chi connectivity index (χ1n) is 9.79. The molecule has 1 atom stereocenters. The number of hydrogen-bond acceptors (Lipinski definition) is 6. The van der Waals surface area contributed by atoms with Crippen molar-refractivity contribution in [3.8, 4) is 0 Å². The fourth-order valence-corrected chi connectivity index (χ4v) is 4.82. The number of rotatable bonds is 5. The largest absolute Gasteiger partial charge is 0.346 e. The van der Waals surface area contributed by atoms with E-state index in [4.69, 9.17) is 0 Å². The van der Waals surface area contributed by atoms with Crippen molar-refractivity contribution in [3.05, 3.63) is 35.9 Å². The van der Waals surface area contributed by atoms with Crippen LogP contribution in [0.3, 0.4) is 0 Å². The summed E-state index contributed by atoms with van der Waals surface area (Å²) in [6.45, 7) is 2.87. The smallest absolute Gasteiger partial charge is 0.228 e. The van der Waals surface area contributed by atoms with E-state index >= 15 is 0 Å². The Morgan fingerprint density at radius 3 is 2.71 bits per heavy atom. The van der Waals surface area contributed by atoms with E-state index in [1.54, 1.807) is 4.90 Å². The molecule has 0 saturated carbocycles. The predicted octanol–water partition coefficient (Wildman–Crippen LogP) is 2.54. The van der Waals surface area contributed by atoms with Gasteiger partial charge in [0.1, 0.15) is 0 Å². The summed E-state index contributed by atoms with van der Waals surface area (Å²) >= 11 is 1.45. The second-order valence-electron chi connectivity index (χ2n) is 7.48. The summed E-state index contributed by atoms with van der Waals surface area (Å²) < 4.78 is 0. The van der Waals surface area contributed by atoms with E-state index in [0.29, 0.717) is 24.6 Å². The highest BCUT2D eigenvalue weighted by molar-refractivity contribution is 7.19. The van der Waals surface area contributed by atoms with Crippen molar-refractivity contribution in [2.24, 2.45) is 5.92 Å². The fourth-order valence-electron chi connectivity index (χ4n) is 3.89. The molecule has 4 rings (SSSR count). The Hall–Kier alpha value is -2.48. The summed E-state index contributed by atoms with van der Waals surface area (Å²) in [4.78, 5) is 30.6. The van der Waals surface area contributed by atoms with E-state index in [-0.39, 0.29) is 17.7 Å². The van der Waals surface area contributed by atoms with Gasteiger partial charge in [-0.2, -0.15) is 0 Å². The number of benzene rings is 1. The van der Waals surface area contributed by atoms with E-state index in [2.05, 4.69) is 15.1 Å². The maximum atomic E-state index is 13.0. The van der Waals surface area contributed by atoms with Crippen LogP contribution < -0.4 is 9.80 Å². The van der Waals surface area contributed by atoms with Gasteiger partial charge in [-0.25, -0.2) is 0 Å². The van der Waals surface area contributed by atoms with Crippen LogP contribution in [0.15, 0.2) is 30.3 Å². The lowest BCUT2D eigenvalue weighted by atomic mass is 9.97. The van der Waals surface area contributed by atoms with Crippen LogP contribution in [0.4, 0.5) is 10.3 Å². The van der Waals surface area contributed by atoms with Gasteiger partial charge in [0.25, 0.3) is 0 Å². The summed E-state index contributed by atoms with van der Waals surface area (Å²) in [5.41, 5.74) is 1.13. The first-order valence-corrected chi connectivity index (χ1v) is 10.6. The quantitative estimate of drug-likeness (QED) is 0.773. The van der Waals surface area contributed by atoms with Crippen LogP contribution in [0.25, 0.3) is 0 Å². The van der Waals surface area contributed by atoms with Gasteiger partial charge in [-0.05, 0) is 24.8 Å².